The number of hydrogen-bond acceptors (Lipinski definition) is 5. The predicted octanol–water partition coefficient (Wildman–Crippen LogP) is 4.86. The highest BCUT2D eigenvalue weighted by atomic mass is 16.5. The Bertz CT molecular complexity index is 1180. The van der Waals surface area contributed by atoms with Crippen LogP contribution in [0.3, 0.4) is 0 Å². The highest BCUT2D eigenvalue weighted by molar-refractivity contribution is 5.91. The van der Waals surface area contributed by atoms with Crippen LogP contribution in [0.5, 0.6) is 11.5 Å². The summed E-state index contributed by atoms with van der Waals surface area (Å²) >= 11 is 0. The number of ether oxygens (including phenoxy) is 3. The molecule has 2 heterocycles. The summed E-state index contributed by atoms with van der Waals surface area (Å²) in [7, 11) is 3.29. The highest BCUT2D eigenvalue weighted by Gasteiger charge is 2.17. The lowest BCUT2D eigenvalue weighted by molar-refractivity contribution is 0.0519. The van der Waals surface area contributed by atoms with Gasteiger partial charge in [-0.25, -0.2) is 9.78 Å². The van der Waals surface area contributed by atoms with Crippen LogP contribution in [-0.2, 0) is 4.74 Å². The van der Waals surface area contributed by atoms with Crippen LogP contribution < -0.4 is 9.47 Å². The summed E-state index contributed by atoms with van der Waals surface area (Å²) in [6.45, 7) is 2.08. The van der Waals surface area contributed by atoms with Gasteiger partial charge in [-0.15, -0.1) is 0 Å². The Balaban J connectivity index is 1.91. The highest BCUT2D eigenvalue weighted by Crippen LogP contribution is 2.36. The number of nitrogens with zero attached hydrogens (tertiary/aromatic N) is 2. The van der Waals surface area contributed by atoms with Crippen LogP contribution in [0, 0.1) is 0 Å². The van der Waals surface area contributed by atoms with Gasteiger partial charge < -0.3 is 14.2 Å². The third-order valence-corrected chi connectivity index (χ3v) is 4.91. The second-order valence-electron chi connectivity index (χ2n) is 6.65. The van der Waals surface area contributed by atoms with Crippen molar-refractivity contribution in [2.45, 2.75) is 6.92 Å². The summed E-state index contributed by atoms with van der Waals surface area (Å²) in [6, 6.07) is 19.5. The van der Waals surface area contributed by atoms with Gasteiger partial charge in [-0.05, 0) is 66.6 Å². The minimum absolute atomic E-state index is 0.282. The summed E-state index contributed by atoms with van der Waals surface area (Å²) in [5.41, 5.74) is 5.16. The molecule has 0 unspecified atom stereocenters. The van der Waals surface area contributed by atoms with Gasteiger partial charge in [-0.3, -0.25) is 4.40 Å². The van der Waals surface area contributed by atoms with Crippen molar-refractivity contribution >= 4 is 11.5 Å². The summed E-state index contributed by atoms with van der Waals surface area (Å²) < 4.78 is 17.7. The standard InChI is InChI=1S/C24H22N2O4/c1-4-30-24(27)22-14-18-13-21(16-5-9-19(28-2)10-6-16)23(26(18)15-25-22)17-7-11-20(29-3)12-8-17/h5-15H,4H2,1-3H3. The van der Waals surface area contributed by atoms with Crippen LogP contribution in [0.25, 0.3) is 27.9 Å². The molecule has 6 heteroatoms. The van der Waals surface area contributed by atoms with Crippen molar-refractivity contribution in [3.8, 4) is 33.9 Å². The number of esters is 1. The topological polar surface area (TPSA) is 62.1 Å². The molecule has 0 bridgehead atoms. The molecule has 4 rings (SSSR count). The van der Waals surface area contributed by atoms with E-state index in [0.717, 1.165) is 39.4 Å². The Labute approximate surface area is 174 Å². The fourth-order valence-electron chi connectivity index (χ4n) is 3.43. The zero-order chi connectivity index (χ0) is 21.1. The quantitative estimate of drug-likeness (QED) is 0.431. The van der Waals surface area contributed by atoms with E-state index < -0.39 is 5.97 Å². The Kier molecular flexibility index (Phi) is 5.39. The number of aromatic nitrogens is 2. The van der Waals surface area contributed by atoms with Gasteiger partial charge in [0.1, 0.15) is 17.8 Å². The average Bonchev–Trinajstić information content (AvgIpc) is 3.18. The smallest absolute Gasteiger partial charge is 0.357 e. The monoisotopic (exact) mass is 402 g/mol. The Morgan fingerprint density at radius 3 is 2.07 bits per heavy atom. The first-order chi connectivity index (χ1) is 14.6. The van der Waals surface area contributed by atoms with E-state index in [1.807, 2.05) is 59.0 Å². The number of methoxy groups -OCH3 is 2. The molecule has 0 radical (unpaired) electrons. The van der Waals surface area contributed by atoms with E-state index in [4.69, 9.17) is 14.2 Å². The van der Waals surface area contributed by atoms with Crippen LogP contribution in [0.2, 0.25) is 0 Å². The first-order valence-corrected chi connectivity index (χ1v) is 9.61. The predicted molar refractivity (Wildman–Crippen MR) is 115 cm³/mol. The first-order valence-electron chi connectivity index (χ1n) is 9.61. The third-order valence-electron chi connectivity index (χ3n) is 4.91. The van der Waals surface area contributed by atoms with E-state index in [-0.39, 0.29) is 5.69 Å². The van der Waals surface area contributed by atoms with Crippen LogP contribution in [0.4, 0.5) is 0 Å². The van der Waals surface area contributed by atoms with Crippen molar-refractivity contribution in [2.75, 3.05) is 20.8 Å². The van der Waals surface area contributed by atoms with Crippen molar-refractivity contribution in [3.05, 3.63) is 72.7 Å². The number of hydrogen-bond donors (Lipinski definition) is 0. The average molecular weight is 402 g/mol. The number of carbonyl (C=O) groups is 1. The van der Waals surface area contributed by atoms with Gasteiger partial charge in [-0.2, -0.15) is 0 Å². The van der Waals surface area contributed by atoms with E-state index >= 15 is 0 Å². The molecule has 2 aromatic carbocycles. The fraction of sp³-hybridized carbons (Fsp3) is 0.167. The lowest BCUT2D eigenvalue weighted by atomic mass is 10.0. The molecule has 0 aliphatic heterocycles. The minimum atomic E-state index is -0.432. The number of rotatable bonds is 6. The maximum atomic E-state index is 12.1. The second kappa shape index (κ2) is 8.29. The molecular formula is C24H22N2O4. The molecule has 0 N–H and O–H groups in total. The molecule has 2 aromatic heterocycles. The van der Waals surface area contributed by atoms with E-state index in [1.54, 1.807) is 33.5 Å². The van der Waals surface area contributed by atoms with Crippen molar-refractivity contribution in [2.24, 2.45) is 0 Å². The van der Waals surface area contributed by atoms with E-state index in [0.29, 0.717) is 6.61 Å². The van der Waals surface area contributed by atoms with Crippen molar-refractivity contribution in [1.29, 1.82) is 0 Å². The number of fused-ring (bicyclic) bond motifs is 1. The van der Waals surface area contributed by atoms with Gasteiger partial charge in [0, 0.05) is 5.56 Å². The maximum absolute atomic E-state index is 12.1. The zero-order valence-electron chi connectivity index (χ0n) is 17.1. The van der Waals surface area contributed by atoms with Gasteiger partial charge in [0.05, 0.1) is 32.0 Å². The number of benzene rings is 2. The Hall–Kier alpha value is -3.80. The summed E-state index contributed by atoms with van der Waals surface area (Å²) in [6.07, 6.45) is 1.66. The van der Waals surface area contributed by atoms with Gasteiger partial charge in [0.2, 0.25) is 0 Å². The Morgan fingerprint density at radius 1 is 0.900 bits per heavy atom. The van der Waals surface area contributed by atoms with E-state index in [9.17, 15) is 4.79 Å². The molecule has 0 spiro atoms. The molecule has 0 amide bonds. The summed E-state index contributed by atoms with van der Waals surface area (Å²) in [5.74, 6) is 1.14. The zero-order valence-corrected chi connectivity index (χ0v) is 17.1. The third kappa shape index (κ3) is 3.59. The van der Waals surface area contributed by atoms with E-state index in [2.05, 4.69) is 4.98 Å². The molecule has 0 aliphatic carbocycles. The molecule has 152 valence electrons. The lowest BCUT2D eigenvalue weighted by Gasteiger charge is -2.09. The van der Waals surface area contributed by atoms with Crippen LogP contribution in [-0.4, -0.2) is 36.2 Å². The molecular weight excluding hydrogens is 380 g/mol. The van der Waals surface area contributed by atoms with Crippen molar-refractivity contribution in [1.82, 2.24) is 9.38 Å². The van der Waals surface area contributed by atoms with Crippen molar-refractivity contribution in [3.63, 3.8) is 0 Å². The van der Waals surface area contributed by atoms with Crippen LogP contribution in [0.15, 0.2) is 67.0 Å². The lowest BCUT2D eigenvalue weighted by Crippen LogP contribution is -2.07. The van der Waals surface area contributed by atoms with Crippen LogP contribution >= 0.6 is 0 Å². The minimum Gasteiger partial charge on any atom is -0.497 e. The van der Waals surface area contributed by atoms with Gasteiger partial charge in [0.25, 0.3) is 0 Å². The molecule has 0 aliphatic rings. The fourth-order valence-corrected chi connectivity index (χ4v) is 3.43. The van der Waals surface area contributed by atoms with Gasteiger partial charge in [0.15, 0.2) is 5.69 Å². The SMILES string of the molecule is CCOC(=O)c1cc2cc(-c3ccc(OC)cc3)c(-c3ccc(OC)cc3)n2cn1. The van der Waals surface area contributed by atoms with Gasteiger partial charge in [-0.1, -0.05) is 12.1 Å². The molecule has 30 heavy (non-hydrogen) atoms. The molecule has 0 saturated carbocycles. The van der Waals surface area contributed by atoms with Crippen molar-refractivity contribution < 1.29 is 19.0 Å². The summed E-state index contributed by atoms with van der Waals surface area (Å²) in [4.78, 5) is 16.5. The number of carbonyl (C=O) groups excluding carboxylic acids is 1. The molecule has 0 fully saturated rings. The second-order valence-corrected chi connectivity index (χ2v) is 6.65. The van der Waals surface area contributed by atoms with E-state index in [1.165, 1.54) is 0 Å². The summed E-state index contributed by atoms with van der Waals surface area (Å²) in [5, 5.41) is 0. The van der Waals surface area contributed by atoms with Crippen LogP contribution in [0.1, 0.15) is 17.4 Å². The largest absolute Gasteiger partial charge is 0.497 e. The molecule has 4 aromatic rings. The Morgan fingerprint density at radius 2 is 1.50 bits per heavy atom. The molecule has 6 nitrogen and oxygen atoms in total. The maximum Gasteiger partial charge on any atom is 0.357 e. The molecule has 0 saturated heterocycles. The first kappa shape index (κ1) is 19.5. The van der Waals surface area contributed by atoms with Gasteiger partial charge >= 0.3 is 5.97 Å². The normalized spacial score (nSPS) is 10.8. The molecule has 0 atom stereocenters.